The van der Waals surface area contributed by atoms with Crippen LogP contribution in [0.3, 0.4) is 0 Å². The van der Waals surface area contributed by atoms with Crippen molar-refractivity contribution in [2.24, 2.45) is 0 Å². The van der Waals surface area contributed by atoms with Gasteiger partial charge in [-0.05, 0) is 30.0 Å². The zero-order chi connectivity index (χ0) is 19.4. The summed E-state index contributed by atoms with van der Waals surface area (Å²) in [5.74, 6) is -1.15. The van der Waals surface area contributed by atoms with Crippen molar-refractivity contribution in [1.29, 1.82) is 0 Å². The first kappa shape index (κ1) is 19.1. The molecule has 0 unspecified atom stereocenters. The Balaban J connectivity index is 2.49. The number of rotatable bonds is 5. The van der Waals surface area contributed by atoms with Gasteiger partial charge in [0.1, 0.15) is 0 Å². The maximum atomic E-state index is 12.9. The van der Waals surface area contributed by atoms with E-state index < -0.39 is 23.0 Å². The second-order valence-electron chi connectivity index (χ2n) is 6.11. The van der Waals surface area contributed by atoms with Crippen LogP contribution < -0.4 is 11.2 Å². The van der Waals surface area contributed by atoms with Crippen LogP contribution in [0.4, 0.5) is 0 Å². The predicted octanol–water partition coefficient (Wildman–Crippen LogP) is 1.91. The second kappa shape index (κ2) is 7.77. The summed E-state index contributed by atoms with van der Waals surface area (Å²) in [5.41, 5.74) is 0.674. The molecule has 1 aromatic heterocycles. The number of aryl methyl sites for hydroxylation is 1. The first-order valence-electron chi connectivity index (χ1n) is 8.02. The molecule has 136 valence electrons. The quantitative estimate of drug-likeness (QED) is 0.483. The Morgan fingerprint density at radius 1 is 1.15 bits per heavy atom. The Hall–Kier alpha value is -3.22. The van der Waals surface area contributed by atoms with Crippen molar-refractivity contribution in [3.8, 4) is 0 Å². The van der Waals surface area contributed by atoms with E-state index >= 15 is 0 Å². The first-order valence-corrected chi connectivity index (χ1v) is 8.02. The third kappa shape index (κ3) is 4.05. The van der Waals surface area contributed by atoms with Gasteiger partial charge in [-0.1, -0.05) is 32.0 Å². The van der Waals surface area contributed by atoms with Crippen molar-refractivity contribution >= 4 is 17.8 Å². The van der Waals surface area contributed by atoms with Crippen molar-refractivity contribution in [2.45, 2.75) is 26.7 Å². The van der Waals surface area contributed by atoms with Gasteiger partial charge in [-0.15, -0.1) is 0 Å². The van der Waals surface area contributed by atoms with Gasteiger partial charge in [0.15, 0.2) is 0 Å². The average Bonchev–Trinajstić information content (AvgIpc) is 2.57. The zero-order valence-corrected chi connectivity index (χ0v) is 15.0. The SMILES string of the molecule is COC(=O)/C=C/c1ccc(C(=O)c2[nH]c(=O)[nH]c(=O)c2C(C)C)c(C)c1. The van der Waals surface area contributed by atoms with Gasteiger partial charge in [-0.2, -0.15) is 0 Å². The maximum Gasteiger partial charge on any atom is 0.330 e. The maximum absolute atomic E-state index is 12.9. The van der Waals surface area contributed by atoms with Gasteiger partial charge >= 0.3 is 11.7 Å². The molecule has 0 fully saturated rings. The smallest absolute Gasteiger partial charge is 0.330 e. The van der Waals surface area contributed by atoms with Gasteiger partial charge < -0.3 is 9.72 Å². The van der Waals surface area contributed by atoms with Crippen molar-refractivity contribution < 1.29 is 14.3 Å². The number of H-pyrrole nitrogens is 2. The number of esters is 1. The Morgan fingerprint density at radius 2 is 1.85 bits per heavy atom. The number of nitrogens with one attached hydrogen (secondary N) is 2. The molecule has 2 rings (SSSR count). The molecule has 7 heteroatoms. The van der Waals surface area contributed by atoms with Crippen LogP contribution in [-0.2, 0) is 9.53 Å². The molecule has 0 aliphatic rings. The predicted molar refractivity (Wildman–Crippen MR) is 97.4 cm³/mol. The highest BCUT2D eigenvalue weighted by Crippen LogP contribution is 2.19. The molecular weight excluding hydrogens is 336 g/mol. The van der Waals surface area contributed by atoms with E-state index in [2.05, 4.69) is 14.7 Å². The summed E-state index contributed by atoms with van der Waals surface area (Å²) in [6.45, 7) is 5.28. The Morgan fingerprint density at radius 3 is 2.42 bits per heavy atom. The molecule has 0 amide bonds. The van der Waals surface area contributed by atoms with Crippen LogP contribution in [0.25, 0.3) is 6.08 Å². The lowest BCUT2D eigenvalue weighted by atomic mass is 9.94. The van der Waals surface area contributed by atoms with E-state index in [-0.39, 0.29) is 17.2 Å². The van der Waals surface area contributed by atoms with Crippen LogP contribution in [0.15, 0.2) is 33.9 Å². The monoisotopic (exact) mass is 356 g/mol. The fraction of sp³-hybridized carbons (Fsp3) is 0.263. The van der Waals surface area contributed by atoms with Gasteiger partial charge in [0.25, 0.3) is 5.56 Å². The number of hydrogen-bond donors (Lipinski definition) is 2. The third-order valence-corrected chi connectivity index (χ3v) is 3.89. The molecule has 7 nitrogen and oxygen atoms in total. The largest absolute Gasteiger partial charge is 0.466 e. The summed E-state index contributed by atoms with van der Waals surface area (Å²) in [6, 6.07) is 4.99. The van der Waals surface area contributed by atoms with Crippen molar-refractivity contribution in [1.82, 2.24) is 9.97 Å². The molecule has 1 heterocycles. The minimum absolute atomic E-state index is 0.00490. The zero-order valence-electron chi connectivity index (χ0n) is 15.0. The van der Waals surface area contributed by atoms with Gasteiger partial charge in [-0.3, -0.25) is 14.6 Å². The van der Waals surface area contributed by atoms with Gasteiger partial charge in [-0.25, -0.2) is 9.59 Å². The number of ether oxygens (including phenoxy) is 1. The highest BCUT2D eigenvalue weighted by atomic mass is 16.5. The molecule has 0 saturated heterocycles. The normalized spacial score (nSPS) is 11.1. The van der Waals surface area contributed by atoms with Crippen LogP contribution in [0.5, 0.6) is 0 Å². The molecule has 2 aromatic rings. The van der Waals surface area contributed by atoms with E-state index in [1.165, 1.54) is 13.2 Å². The van der Waals surface area contributed by atoms with Crippen LogP contribution in [0.1, 0.15) is 52.5 Å². The summed E-state index contributed by atoms with van der Waals surface area (Å²) in [6.07, 6.45) is 2.85. The number of aromatic amines is 2. The second-order valence-corrected chi connectivity index (χ2v) is 6.11. The number of carbonyl (C=O) groups is 2. The fourth-order valence-corrected chi connectivity index (χ4v) is 2.64. The molecule has 0 radical (unpaired) electrons. The first-order chi connectivity index (χ1) is 12.2. The standard InChI is InChI=1S/C19H20N2O5/c1-10(2)15-16(20-19(25)21-18(15)24)17(23)13-7-5-12(9-11(13)3)6-8-14(22)26-4/h5-10H,1-4H3,(H2,20,21,24,25)/b8-6+. The van der Waals surface area contributed by atoms with E-state index in [0.717, 1.165) is 0 Å². The van der Waals surface area contributed by atoms with Crippen LogP contribution in [0, 0.1) is 6.92 Å². The number of benzene rings is 1. The molecule has 0 aliphatic carbocycles. The molecule has 0 bridgehead atoms. The minimum atomic E-state index is -0.724. The number of carbonyl (C=O) groups excluding carboxylic acids is 2. The molecule has 26 heavy (non-hydrogen) atoms. The summed E-state index contributed by atoms with van der Waals surface area (Å²) in [5, 5.41) is 0. The Bertz CT molecular complexity index is 996. The van der Waals surface area contributed by atoms with Crippen LogP contribution in [0.2, 0.25) is 0 Å². The topological polar surface area (TPSA) is 109 Å². The molecule has 0 saturated carbocycles. The highest BCUT2D eigenvalue weighted by Gasteiger charge is 2.21. The lowest BCUT2D eigenvalue weighted by Gasteiger charge is -2.12. The number of ketones is 1. The van der Waals surface area contributed by atoms with E-state index in [4.69, 9.17) is 0 Å². The molecule has 2 N–H and O–H groups in total. The van der Waals surface area contributed by atoms with E-state index in [0.29, 0.717) is 16.7 Å². The number of hydrogen-bond acceptors (Lipinski definition) is 5. The fourth-order valence-electron chi connectivity index (χ4n) is 2.64. The summed E-state index contributed by atoms with van der Waals surface area (Å²) in [7, 11) is 1.29. The number of methoxy groups -OCH3 is 1. The van der Waals surface area contributed by atoms with Gasteiger partial charge in [0.05, 0.1) is 12.8 Å². The van der Waals surface area contributed by atoms with E-state index in [1.807, 2.05) is 0 Å². The van der Waals surface area contributed by atoms with Crippen LogP contribution >= 0.6 is 0 Å². The van der Waals surface area contributed by atoms with Crippen molar-refractivity contribution in [3.05, 3.63) is 73.1 Å². The lowest BCUT2D eigenvalue weighted by Crippen LogP contribution is -2.31. The van der Waals surface area contributed by atoms with Crippen molar-refractivity contribution in [3.63, 3.8) is 0 Å². The molecule has 0 atom stereocenters. The molecule has 1 aromatic carbocycles. The Labute approximate surface area is 149 Å². The summed E-state index contributed by atoms with van der Waals surface area (Å²) >= 11 is 0. The van der Waals surface area contributed by atoms with Crippen molar-refractivity contribution in [2.75, 3.05) is 7.11 Å². The lowest BCUT2D eigenvalue weighted by molar-refractivity contribution is -0.134. The highest BCUT2D eigenvalue weighted by molar-refractivity contribution is 6.09. The van der Waals surface area contributed by atoms with E-state index in [9.17, 15) is 19.2 Å². The van der Waals surface area contributed by atoms with Gasteiger partial charge in [0, 0.05) is 17.2 Å². The Kier molecular flexibility index (Phi) is 5.71. The molecular formula is C19H20N2O5. The average molecular weight is 356 g/mol. The summed E-state index contributed by atoms with van der Waals surface area (Å²) < 4.78 is 4.53. The number of aromatic nitrogens is 2. The molecule has 0 spiro atoms. The van der Waals surface area contributed by atoms with Crippen LogP contribution in [-0.4, -0.2) is 28.8 Å². The summed E-state index contributed by atoms with van der Waals surface area (Å²) in [4.78, 5) is 52.4. The molecule has 0 aliphatic heterocycles. The third-order valence-electron chi connectivity index (χ3n) is 3.89. The van der Waals surface area contributed by atoms with Gasteiger partial charge in [0.2, 0.25) is 5.78 Å². The van der Waals surface area contributed by atoms with E-state index in [1.54, 1.807) is 45.0 Å². The minimum Gasteiger partial charge on any atom is -0.466 e.